The molecular weight excluding hydrogens is 216 g/mol. The zero-order valence-corrected chi connectivity index (χ0v) is 11.4. The summed E-state index contributed by atoms with van der Waals surface area (Å²) < 4.78 is 5.22. The molecule has 1 saturated heterocycles. The minimum atomic E-state index is 0.0335. The van der Waals surface area contributed by atoms with Crippen LogP contribution in [0.2, 0.25) is 0 Å². The molecule has 2 atom stereocenters. The van der Waals surface area contributed by atoms with Crippen LogP contribution in [0.5, 0.6) is 0 Å². The Morgan fingerprint density at radius 2 is 2.24 bits per heavy atom. The molecule has 1 fully saturated rings. The van der Waals surface area contributed by atoms with Crippen molar-refractivity contribution in [3.8, 4) is 0 Å². The highest BCUT2D eigenvalue weighted by atomic mass is 16.5. The molecule has 4 nitrogen and oxygen atoms in total. The Bertz CT molecular complexity index is 227. The van der Waals surface area contributed by atoms with Gasteiger partial charge < -0.3 is 15.0 Å². The topological polar surface area (TPSA) is 41.6 Å². The van der Waals surface area contributed by atoms with E-state index in [1.165, 1.54) is 0 Å². The lowest BCUT2D eigenvalue weighted by Gasteiger charge is -2.27. The van der Waals surface area contributed by atoms with Gasteiger partial charge in [0.05, 0.1) is 18.7 Å². The molecule has 100 valence electrons. The lowest BCUT2D eigenvalue weighted by atomic mass is 10.1. The molecule has 0 radical (unpaired) electrons. The molecule has 0 aromatic rings. The second kappa shape index (κ2) is 7.67. The third-order valence-electron chi connectivity index (χ3n) is 3.30. The van der Waals surface area contributed by atoms with E-state index in [1.54, 1.807) is 7.11 Å². The number of carbonyl (C=O) groups excluding carboxylic acids is 1. The number of carbonyl (C=O) groups is 1. The first-order chi connectivity index (χ1) is 8.24. The summed E-state index contributed by atoms with van der Waals surface area (Å²) in [5, 5.41) is 3.32. The molecule has 4 heteroatoms. The smallest absolute Gasteiger partial charge is 0.240 e. The second-order valence-electron chi connectivity index (χ2n) is 4.72. The van der Waals surface area contributed by atoms with E-state index in [0.717, 1.165) is 38.8 Å². The van der Waals surface area contributed by atoms with Gasteiger partial charge in [0.25, 0.3) is 0 Å². The largest absolute Gasteiger partial charge is 0.383 e. The van der Waals surface area contributed by atoms with E-state index >= 15 is 0 Å². The van der Waals surface area contributed by atoms with E-state index in [-0.39, 0.29) is 18.0 Å². The van der Waals surface area contributed by atoms with Crippen molar-refractivity contribution in [3.63, 3.8) is 0 Å². The average Bonchev–Trinajstić information content (AvgIpc) is 2.68. The average molecular weight is 242 g/mol. The van der Waals surface area contributed by atoms with Crippen LogP contribution < -0.4 is 5.32 Å². The fraction of sp³-hybridized carbons (Fsp3) is 0.923. The molecule has 1 aliphatic heterocycles. The molecular formula is C13H26N2O2. The fourth-order valence-electron chi connectivity index (χ4n) is 2.43. The number of amides is 1. The van der Waals surface area contributed by atoms with Gasteiger partial charge in [0, 0.05) is 13.7 Å². The molecule has 1 rings (SSSR count). The van der Waals surface area contributed by atoms with Crippen molar-refractivity contribution >= 4 is 5.91 Å². The molecule has 0 saturated carbocycles. The van der Waals surface area contributed by atoms with Gasteiger partial charge in [0.15, 0.2) is 0 Å². The second-order valence-corrected chi connectivity index (χ2v) is 4.72. The van der Waals surface area contributed by atoms with E-state index in [0.29, 0.717) is 6.61 Å². The minimum Gasteiger partial charge on any atom is -0.383 e. The molecule has 2 unspecified atom stereocenters. The van der Waals surface area contributed by atoms with E-state index < -0.39 is 0 Å². The number of rotatable bonds is 8. The highest BCUT2D eigenvalue weighted by Crippen LogP contribution is 2.18. The Balaban J connectivity index is 2.50. The van der Waals surface area contributed by atoms with Crippen LogP contribution in [0.4, 0.5) is 0 Å². The van der Waals surface area contributed by atoms with Crippen LogP contribution in [0.15, 0.2) is 0 Å². The number of likely N-dealkylation sites (tertiary alicyclic amines) is 1. The van der Waals surface area contributed by atoms with Gasteiger partial charge in [0.1, 0.15) is 0 Å². The normalized spacial score (nSPS) is 22.2. The number of methoxy groups -OCH3 is 1. The van der Waals surface area contributed by atoms with Crippen molar-refractivity contribution in [3.05, 3.63) is 0 Å². The van der Waals surface area contributed by atoms with Gasteiger partial charge >= 0.3 is 0 Å². The number of nitrogens with one attached hydrogen (secondary N) is 1. The van der Waals surface area contributed by atoms with Crippen LogP contribution in [0, 0.1) is 0 Å². The Labute approximate surface area is 105 Å². The van der Waals surface area contributed by atoms with E-state index in [1.807, 2.05) is 4.90 Å². The van der Waals surface area contributed by atoms with Crippen LogP contribution in [0.3, 0.4) is 0 Å². The van der Waals surface area contributed by atoms with Crippen molar-refractivity contribution in [2.45, 2.75) is 51.6 Å². The molecule has 0 aliphatic carbocycles. The number of ether oxygens (including phenoxy) is 1. The van der Waals surface area contributed by atoms with Gasteiger partial charge in [-0.2, -0.15) is 0 Å². The summed E-state index contributed by atoms with van der Waals surface area (Å²) in [7, 11) is 1.70. The van der Waals surface area contributed by atoms with Crippen LogP contribution >= 0.6 is 0 Å². The first-order valence-electron chi connectivity index (χ1n) is 6.77. The van der Waals surface area contributed by atoms with Crippen molar-refractivity contribution in [1.82, 2.24) is 10.2 Å². The van der Waals surface area contributed by atoms with Crippen molar-refractivity contribution in [2.75, 3.05) is 26.8 Å². The monoisotopic (exact) mass is 242 g/mol. The summed E-state index contributed by atoms with van der Waals surface area (Å²) in [6, 6.07) is 0.289. The highest BCUT2D eigenvalue weighted by molar-refractivity contribution is 5.84. The zero-order valence-electron chi connectivity index (χ0n) is 11.4. The molecule has 1 heterocycles. The minimum absolute atomic E-state index is 0.0335. The number of nitrogens with zero attached hydrogens (tertiary/aromatic N) is 1. The van der Waals surface area contributed by atoms with E-state index in [9.17, 15) is 4.79 Å². The summed E-state index contributed by atoms with van der Waals surface area (Å²) in [5.74, 6) is 0.258. The Morgan fingerprint density at radius 1 is 1.47 bits per heavy atom. The highest BCUT2D eigenvalue weighted by Gasteiger charge is 2.34. The van der Waals surface area contributed by atoms with E-state index in [4.69, 9.17) is 4.74 Å². The van der Waals surface area contributed by atoms with Crippen molar-refractivity contribution in [1.29, 1.82) is 0 Å². The predicted molar refractivity (Wildman–Crippen MR) is 69.0 cm³/mol. The molecule has 0 aromatic carbocycles. The number of hydrogen-bond acceptors (Lipinski definition) is 3. The van der Waals surface area contributed by atoms with Crippen molar-refractivity contribution in [2.24, 2.45) is 0 Å². The maximum absolute atomic E-state index is 12.2. The van der Waals surface area contributed by atoms with Gasteiger partial charge in [-0.3, -0.25) is 4.79 Å². The van der Waals surface area contributed by atoms with Gasteiger partial charge in [-0.15, -0.1) is 0 Å². The predicted octanol–water partition coefficient (Wildman–Crippen LogP) is 1.40. The summed E-state index contributed by atoms with van der Waals surface area (Å²) in [5.41, 5.74) is 0. The SMILES string of the molecule is CCCNC1CCN(C(CCC)COC)C1=O. The standard InChI is InChI=1S/C13H26N2O2/c1-4-6-11(10-17-3)15-9-7-12(13(15)16)14-8-5-2/h11-12,14H,4-10H2,1-3H3. The zero-order chi connectivity index (χ0) is 12.7. The molecule has 0 bridgehead atoms. The van der Waals surface area contributed by atoms with Gasteiger partial charge in [-0.1, -0.05) is 20.3 Å². The molecule has 0 aromatic heterocycles. The Morgan fingerprint density at radius 3 is 2.82 bits per heavy atom. The maximum atomic E-state index is 12.2. The van der Waals surface area contributed by atoms with Crippen LogP contribution in [-0.2, 0) is 9.53 Å². The van der Waals surface area contributed by atoms with Crippen LogP contribution in [-0.4, -0.2) is 49.7 Å². The third-order valence-corrected chi connectivity index (χ3v) is 3.30. The Hall–Kier alpha value is -0.610. The summed E-state index contributed by atoms with van der Waals surface area (Å²) in [6.45, 7) is 6.71. The molecule has 1 amide bonds. The van der Waals surface area contributed by atoms with Crippen molar-refractivity contribution < 1.29 is 9.53 Å². The van der Waals surface area contributed by atoms with Crippen LogP contribution in [0.25, 0.3) is 0 Å². The van der Waals surface area contributed by atoms with Gasteiger partial charge in [-0.25, -0.2) is 0 Å². The molecule has 17 heavy (non-hydrogen) atoms. The summed E-state index contributed by atoms with van der Waals surface area (Å²) in [4.78, 5) is 14.2. The maximum Gasteiger partial charge on any atom is 0.240 e. The first kappa shape index (κ1) is 14.5. The van der Waals surface area contributed by atoms with Gasteiger partial charge in [-0.05, 0) is 25.8 Å². The van der Waals surface area contributed by atoms with Gasteiger partial charge in [0.2, 0.25) is 5.91 Å². The number of hydrogen-bond donors (Lipinski definition) is 1. The lowest BCUT2D eigenvalue weighted by Crippen LogP contribution is -2.44. The quantitative estimate of drug-likeness (QED) is 0.699. The molecule has 1 N–H and O–H groups in total. The molecule has 1 aliphatic rings. The lowest BCUT2D eigenvalue weighted by molar-refractivity contribution is -0.132. The van der Waals surface area contributed by atoms with Crippen LogP contribution in [0.1, 0.15) is 39.5 Å². The summed E-state index contributed by atoms with van der Waals surface area (Å²) >= 11 is 0. The van der Waals surface area contributed by atoms with E-state index in [2.05, 4.69) is 19.2 Å². The third kappa shape index (κ3) is 3.96. The molecule has 0 spiro atoms. The Kier molecular flexibility index (Phi) is 6.52. The summed E-state index contributed by atoms with van der Waals surface area (Å²) in [6.07, 6.45) is 4.12. The fourth-order valence-corrected chi connectivity index (χ4v) is 2.43. The first-order valence-corrected chi connectivity index (χ1v) is 6.77.